The number of morpholine rings is 1. The summed E-state index contributed by atoms with van der Waals surface area (Å²) in [6, 6.07) is 15.2. The van der Waals surface area contributed by atoms with Gasteiger partial charge in [0.1, 0.15) is 6.10 Å². The highest BCUT2D eigenvalue weighted by Crippen LogP contribution is 2.26. The average molecular weight is 316 g/mol. The van der Waals surface area contributed by atoms with Crippen LogP contribution in [-0.2, 0) is 4.74 Å². The molecule has 1 amide bonds. The largest absolute Gasteiger partial charge is 0.370 e. The molecule has 1 unspecified atom stereocenters. The van der Waals surface area contributed by atoms with Crippen molar-refractivity contribution in [1.82, 2.24) is 4.90 Å². The summed E-state index contributed by atoms with van der Waals surface area (Å²) in [5, 5.41) is 0.578. The van der Waals surface area contributed by atoms with Crippen molar-refractivity contribution in [3.63, 3.8) is 0 Å². The van der Waals surface area contributed by atoms with Crippen molar-refractivity contribution >= 4 is 17.5 Å². The van der Waals surface area contributed by atoms with Crippen molar-refractivity contribution in [1.29, 1.82) is 0 Å². The Kier molecular flexibility index (Phi) is 4.46. The number of amides is 1. The zero-order valence-electron chi connectivity index (χ0n) is 12.5. The van der Waals surface area contributed by atoms with Gasteiger partial charge in [-0.25, -0.2) is 0 Å². The van der Waals surface area contributed by atoms with Crippen LogP contribution in [0.3, 0.4) is 0 Å². The van der Waals surface area contributed by atoms with E-state index in [4.69, 9.17) is 16.3 Å². The van der Waals surface area contributed by atoms with Crippen molar-refractivity contribution in [2.45, 2.75) is 13.0 Å². The third-order valence-corrected chi connectivity index (χ3v) is 4.20. The molecular weight excluding hydrogens is 298 g/mol. The fraction of sp³-hybridized carbons (Fsp3) is 0.278. The third kappa shape index (κ3) is 3.16. The number of benzene rings is 2. The van der Waals surface area contributed by atoms with Gasteiger partial charge in [0.25, 0.3) is 5.91 Å². The van der Waals surface area contributed by atoms with E-state index in [-0.39, 0.29) is 12.0 Å². The number of aryl methyl sites for hydroxylation is 1. The van der Waals surface area contributed by atoms with Crippen LogP contribution in [0.1, 0.15) is 27.6 Å². The number of halogens is 1. The van der Waals surface area contributed by atoms with Crippen molar-refractivity contribution in [2.75, 3.05) is 19.7 Å². The minimum Gasteiger partial charge on any atom is -0.370 e. The maximum absolute atomic E-state index is 12.6. The number of carbonyl (C=O) groups is 1. The molecule has 1 atom stereocenters. The number of carbonyl (C=O) groups excluding carboxylic acids is 1. The molecule has 3 rings (SSSR count). The van der Waals surface area contributed by atoms with Crippen LogP contribution in [0.25, 0.3) is 0 Å². The lowest BCUT2D eigenvalue weighted by Gasteiger charge is -2.34. The van der Waals surface area contributed by atoms with Gasteiger partial charge in [0.2, 0.25) is 0 Å². The number of nitrogens with zero attached hydrogens (tertiary/aromatic N) is 1. The van der Waals surface area contributed by atoms with Crippen LogP contribution in [0.5, 0.6) is 0 Å². The fourth-order valence-electron chi connectivity index (χ4n) is 2.77. The molecular formula is C18H18ClNO2. The van der Waals surface area contributed by atoms with Crippen molar-refractivity contribution < 1.29 is 9.53 Å². The minimum atomic E-state index is -0.0712. The van der Waals surface area contributed by atoms with Crippen LogP contribution in [0, 0.1) is 6.92 Å². The molecule has 0 radical (unpaired) electrons. The van der Waals surface area contributed by atoms with Crippen LogP contribution < -0.4 is 0 Å². The molecule has 1 fully saturated rings. The Bertz CT molecular complexity index is 686. The summed E-state index contributed by atoms with van der Waals surface area (Å²) >= 11 is 5.98. The lowest BCUT2D eigenvalue weighted by atomic mass is 10.0. The van der Waals surface area contributed by atoms with Gasteiger partial charge in [-0.1, -0.05) is 41.9 Å². The Morgan fingerprint density at radius 3 is 2.82 bits per heavy atom. The molecule has 4 heteroatoms. The molecule has 0 saturated carbocycles. The molecule has 1 saturated heterocycles. The number of hydrogen-bond donors (Lipinski definition) is 0. The monoisotopic (exact) mass is 315 g/mol. The second kappa shape index (κ2) is 6.51. The van der Waals surface area contributed by atoms with E-state index in [0.717, 1.165) is 5.56 Å². The summed E-state index contributed by atoms with van der Waals surface area (Å²) in [6.07, 6.45) is -0.0712. The van der Waals surface area contributed by atoms with Crippen LogP contribution in [0.2, 0.25) is 5.02 Å². The van der Waals surface area contributed by atoms with Gasteiger partial charge in [-0.3, -0.25) is 4.79 Å². The van der Waals surface area contributed by atoms with E-state index < -0.39 is 0 Å². The van der Waals surface area contributed by atoms with Gasteiger partial charge in [0, 0.05) is 17.1 Å². The van der Waals surface area contributed by atoms with Crippen molar-refractivity contribution in [3.8, 4) is 0 Å². The number of hydrogen-bond acceptors (Lipinski definition) is 2. The first-order valence-corrected chi connectivity index (χ1v) is 7.75. The topological polar surface area (TPSA) is 29.5 Å². The summed E-state index contributed by atoms with van der Waals surface area (Å²) in [5.74, 6) is 0.00406. The molecule has 0 N–H and O–H groups in total. The van der Waals surface area contributed by atoms with Crippen LogP contribution in [0.4, 0.5) is 0 Å². The normalized spacial score (nSPS) is 18.3. The first kappa shape index (κ1) is 15.1. The van der Waals surface area contributed by atoms with E-state index in [1.54, 1.807) is 24.3 Å². The summed E-state index contributed by atoms with van der Waals surface area (Å²) in [5.41, 5.74) is 2.95. The molecule has 3 nitrogen and oxygen atoms in total. The second-order valence-electron chi connectivity index (χ2n) is 5.48. The smallest absolute Gasteiger partial charge is 0.254 e. The molecule has 1 aliphatic heterocycles. The van der Waals surface area contributed by atoms with Crippen LogP contribution in [0.15, 0.2) is 48.5 Å². The van der Waals surface area contributed by atoms with Gasteiger partial charge < -0.3 is 9.64 Å². The highest BCUT2D eigenvalue weighted by Gasteiger charge is 2.26. The van der Waals surface area contributed by atoms with E-state index in [1.165, 1.54) is 5.56 Å². The summed E-state index contributed by atoms with van der Waals surface area (Å²) in [6.45, 7) is 3.78. The molecule has 0 bridgehead atoms. The molecule has 2 aromatic rings. The summed E-state index contributed by atoms with van der Waals surface area (Å²) in [4.78, 5) is 14.5. The van der Waals surface area contributed by atoms with E-state index >= 15 is 0 Å². The Hall–Kier alpha value is -1.84. The van der Waals surface area contributed by atoms with E-state index in [2.05, 4.69) is 19.1 Å². The number of rotatable bonds is 2. The van der Waals surface area contributed by atoms with Gasteiger partial charge in [0.15, 0.2) is 0 Å². The first-order valence-electron chi connectivity index (χ1n) is 7.37. The standard InChI is InChI=1S/C18H18ClNO2/c1-13-5-2-3-8-16(13)17-12-20(9-10-22-17)18(21)14-6-4-7-15(19)11-14/h2-8,11,17H,9-10,12H2,1H3. The zero-order chi connectivity index (χ0) is 15.5. The first-order chi connectivity index (χ1) is 10.6. The molecule has 0 spiro atoms. The SMILES string of the molecule is Cc1ccccc1C1CN(C(=O)c2cccc(Cl)c2)CCO1. The Labute approximate surface area is 135 Å². The van der Waals surface area contributed by atoms with Crippen molar-refractivity contribution in [2.24, 2.45) is 0 Å². The van der Waals surface area contributed by atoms with Gasteiger partial charge >= 0.3 is 0 Å². The predicted molar refractivity (Wildman–Crippen MR) is 87.2 cm³/mol. The molecule has 2 aromatic carbocycles. The average Bonchev–Trinajstić information content (AvgIpc) is 2.55. The molecule has 1 aliphatic rings. The molecule has 22 heavy (non-hydrogen) atoms. The maximum atomic E-state index is 12.6. The van der Waals surface area contributed by atoms with E-state index in [9.17, 15) is 4.79 Å². The van der Waals surface area contributed by atoms with Crippen LogP contribution in [-0.4, -0.2) is 30.5 Å². The molecule has 1 heterocycles. The van der Waals surface area contributed by atoms with Gasteiger partial charge in [0.05, 0.1) is 13.2 Å². The molecule has 0 aliphatic carbocycles. The highest BCUT2D eigenvalue weighted by molar-refractivity contribution is 6.30. The second-order valence-corrected chi connectivity index (χ2v) is 5.91. The Morgan fingerprint density at radius 2 is 2.05 bits per heavy atom. The predicted octanol–water partition coefficient (Wildman–Crippen LogP) is 3.86. The van der Waals surface area contributed by atoms with Crippen molar-refractivity contribution in [3.05, 3.63) is 70.2 Å². The van der Waals surface area contributed by atoms with Gasteiger partial charge in [-0.15, -0.1) is 0 Å². The summed E-state index contributed by atoms with van der Waals surface area (Å²) < 4.78 is 5.86. The highest BCUT2D eigenvalue weighted by atomic mass is 35.5. The Morgan fingerprint density at radius 1 is 1.23 bits per heavy atom. The summed E-state index contributed by atoms with van der Waals surface area (Å²) in [7, 11) is 0. The van der Waals surface area contributed by atoms with Crippen LogP contribution >= 0.6 is 11.6 Å². The third-order valence-electron chi connectivity index (χ3n) is 3.96. The minimum absolute atomic E-state index is 0.00406. The lowest BCUT2D eigenvalue weighted by molar-refractivity contribution is -0.0230. The zero-order valence-corrected chi connectivity index (χ0v) is 13.2. The Balaban J connectivity index is 1.78. The fourth-order valence-corrected chi connectivity index (χ4v) is 2.96. The maximum Gasteiger partial charge on any atom is 0.254 e. The lowest BCUT2D eigenvalue weighted by Crippen LogP contribution is -2.42. The quantitative estimate of drug-likeness (QED) is 0.842. The van der Waals surface area contributed by atoms with Gasteiger partial charge in [-0.05, 0) is 36.2 Å². The van der Waals surface area contributed by atoms with Gasteiger partial charge in [-0.2, -0.15) is 0 Å². The van der Waals surface area contributed by atoms with E-state index in [1.807, 2.05) is 17.0 Å². The number of ether oxygens (including phenoxy) is 1. The molecule has 0 aromatic heterocycles. The molecule has 114 valence electrons. The van der Waals surface area contributed by atoms with E-state index in [0.29, 0.717) is 30.3 Å².